The quantitative estimate of drug-likeness (QED) is 0.725. The van der Waals surface area contributed by atoms with Gasteiger partial charge in [0.2, 0.25) is 0 Å². The van der Waals surface area contributed by atoms with E-state index in [9.17, 15) is 4.79 Å². The number of methoxy groups -OCH3 is 1. The molecule has 0 N–H and O–H groups in total. The smallest absolute Gasteiger partial charge is 0.258 e. The Balaban J connectivity index is 1.74. The highest BCUT2D eigenvalue weighted by Gasteiger charge is 2.07. The van der Waals surface area contributed by atoms with E-state index in [1.54, 1.807) is 23.8 Å². The van der Waals surface area contributed by atoms with Crippen LogP contribution in [0.25, 0.3) is 4.96 Å². The van der Waals surface area contributed by atoms with Gasteiger partial charge < -0.3 is 4.74 Å². The summed E-state index contributed by atoms with van der Waals surface area (Å²) in [6.07, 6.45) is 1.75. The maximum Gasteiger partial charge on any atom is 0.258 e. The van der Waals surface area contributed by atoms with Crippen molar-refractivity contribution in [1.82, 2.24) is 14.3 Å². The van der Waals surface area contributed by atoms with Gasteiger partial charge in [-0.25, -0.2) is 4.98 Å². The molecule has 0 spiro atoms. The molecule has 2 aromatic heterocycles. The first kappa shape index (κ1) is 14.7. The van der Waals surface area contributed by atoms with Crippen molar-refractivity contribution in [2.75, 3.05) is 14.2 Å². The van der Waals surface area contributed by atoms with Crippen LogP contribution in [0.1, 0.15) is 11.3 Å². The summed E-state index contributed by atoms with van der Waals surface area (Å²) < 4.78 is 6.80. The first-order chi connectivity index (χ1) is 10.7. The van der Waals surface area contributed by atoms with Gasteiger partial charge in [-0.2, -0.15) is 0 Å². The maximum absolute atomic E-state index is 12.0. The van der Waals surface area contributed by atoms with Crippen LogP contribution in [0.2, 0.25) is 0 Å². The zero-order valence-corrected chi connectivity index (χ0v) is 13.3. The summed E-state index contributed by atoms with van der Waals surface area (Å²) in [5.74, 6) is 0.849. The minimum atomic E-state index is -0.0315. The van der Waals surface area contributed by atoms with E-state index in [-0.39, 0.29) is 5.56 Å². The lowest BCUT2D eigenvalue weighted by atomic mass is 10.2. The van der Waals surface area contributed by atoms with Crippen molar-refractivity contribution >= 4 is 16.3 Å². The molecule has 3 aromatic rings. The third-order valence-electron chi connectivity index (χ3n) is 3.37. The molecular weight excluding hydrogens is 298 g/mol. The predicted octanol–water partition coefficient (Wildman–Crippen LogP) is 2.40. The van der Waals surface area contributed by atoms with E-state index in [1.165, 1.54) is 11.3 Å². The van der Waals surface area contributed by atoms with Gasteiger partial charge in [-0.15, -0.1) is 11.3 Å². The largest absolute Gasteiger partial charge is 0.497 e. The first-order valence-electron chi connectivity index (χ1n) is 6.93. The van der Waals surface area contributed by atoms with Gasteiger partial charge in [0.05, 0.1) is 12.8 Å². The molecule has 0 bridgehead atoms. The monoisotopic (exact) mass is 315 g/mol. The summed E-state index contributed by atoms with van der Waals surface area (Å²) in [4.78, 5) is 19.4. The number of fused-ring (bicyclic) bond motifs is 1. The number of rotatable bonds is 5. The van der Waals surface area contributed by atoms with Gasteiger partial charge in [0.15, 0.2) is 4.96 Å². The van der Waals surface area contributed by atoms with E-state index in [1.807, 2.05) is 30.6 Å². The molecule has 0 saturated heterocycles. The van der Waals surface area contributed by atoms with Crippen molar-refractivity contribution in [2.24, 2.45) is 0 Å². The van der Waals surface area contributed by atoms with Crippen molar-refractivity contribution in [2.45, 2.75) is 13.1 Å². The van der Waals surface area contributed by atoms with Gasteiger partial charge >= 0.3 is 0 Å². The van der Waals surface area contributed by atoms with Gasteiger partial charge in [0, 0.05) is 30.7 Å². The number of aromatic nitrogens is 2. The number of nitrogens with zero attached hydrogens (tertiary/aromatic N) is 3. The number of hydrogen-bond acceptors (Lipinski definition) is 5. The number of ether oxygens (including phenoxy) is 1. The van der Waals surface area contributed by atoms with E-state index in [4.69, 9.17) is 4.74 Å². The fourth-order valence-corrected chi connectivity index (χ4v) is 3.12. The molecule has 0 aliphatic rings. The highest BCUT2D eigenvalue weighted by Crippen LogP contribution is 2.15. The number of thiazole rings is 1. The molecule has 0 unspecified atom stereocenters. The van der Waals surface area contributed by atoms with Crippen LogP contribution >= 0.6 is 11.3 Å². The molecule has 0 radical (unpaired) electrons. The summed E-state index contributed by atoms with van der Waals surface area (Å²) in [6, 6.07) is 9.58. The number of hydrogen-bond donors (Lipinski definition) is 0. The summed E-state index contributed by atoms with van der Waals surface area (Å²) in [5.41, 5.74) is 1.92. The third-order valence-corrected chi connectivity index (χ3v) is 4.13. The molecular formula is C16H17N3O2S. The van der Waals surface area contributed by atoms with E-state index in [2.05, 4.69) is 16.0 Å². The highest BCUT2D eigenvalue weighted by atomic mass is 32.1. The summed E-state index contributed by atoms with van der Waals surface area (Å²) in [5, 5.41) is 1.87. The Labute approximate surface area is 132 Å². The van der Waals surface area contributed by atoms with Crippen LogP contribution in [0, 0.1) is 0 Å². The van der Waals surface area contributed by atoms with Crippen LogP contribution in [0.3, 0.4) is 0 Å². The van der Waals surface area contributed by atoms with E-state index in [0.29, 0.717) is 6.54 Å². The molecule has 6 heteroatoms. The molecule has 3 rings (SSSR count). The minimum Gasteiger partial charge on any atom is -0.497 e. The predicted molar refractivity (Wildman–Crippen MR) is 87.5 cm³/mol. The molecule has 22 heavy (non-hydrogen) atoms. The average molecular weight is 315 g/mol. The van der Waals surface area contributed by atoms with Crippen molar-refractivity contribution in [3.63, 3.8) is 0 Å². The van der Waals surface area contributed by atoms with Gasteiger partial charge in [-0.1, -0.05) is 12.1 Å². The Kier molecular flexibility index (Phi) is 4.22. The molecule has 0 fully saturated rings. The topological polar surface area (TPSA) is 46.8 Å². The van der Waals surface area contributed by atoms with E-state index >= 15 is 0 Å². The van der Waals surface area contributed by atoms with Gasteiger partial charge in [0.1, 0.15) is 5.75 Å². The molecule has 1 aromatic carbocycles. The van der Waals surface area contributed by atoms with Crippen LogP contribution in [0.5, 0.6) is 5.75 Å². The Morgan fingerprint density at radius 3 is 3.00 bits per heavy atom. The van der Waals surface area contributed by atoms with Crippen molar-refractivity contribution in [3.05, 3.63) is 63.5 Å². The molecule has 2 heterocycles. The lowest BCUT2D eigenvalue weighted by Crippen LogP contribution is -2.21. The third kappa shape index (κ3) is 3.18. The minimum absolute atomic E-state index is 0.0315. The summed E-state index contributed by atoms with van der Waals surface area (Å²) in [7, 11) is 3.67. The van der Waals surface area contributed by atoms with E-state index < -0.39 is 0 Å². The zero-order chi connectivity index (χ0) is 15.5. The Hall–Kier alpha value is -2.18. The second-order valence-corrected chi connectivity index (χ2v) is 6.04. The standard InChI is InChI=1S/C16H17N3O2S/c1-18(10-12-4-3-5-14(8-12)21-2)11-13-9-15(20)19-6-7-22-16(19)17-13/h3-9H,10-11H2,1-2H3. The van der Waals surface area contributed by atoms with Crippen molar-refractivity contribution < 1.29 is 4.74 Å². The Bertz CT molecular complexity index is 841. The van der Waals surface area contributed by atoms with Crippen LogP contribution in [0.4, 0.5) is 0 Å². The Morgan fingerprint density at radius 2 is 2.18 bits per heavy atom. The SMILES string of the molecule is COc1cccc(CN(C)Cc2cc(=O)n3ccsc3n2)c1. The molecule has 0 aliphatic heterocycles. The molecule has 0 amide bonds. The normalized spacial score (nSPS) is 11.2. The molecule has 0 atom stereocenters. The lowest BCUT2D eigenvalue weighted by molar-refractivity contribution is 0.314. The lowest BCUT2D eigenvalue weighted by Gasteiger charge is -2.16. The summed E-state index contributed by atoms with van der Waals surface area (Å²) >= 11 is 1.47. The highest BCUT2D eigenvalue weighted by molar-refractivity contribution is 7.15. The summed E-state index contributed by atoms with van der Waals surface area (Å²) in [6.45, 7) is 1.39. The van der Waals surface area contributed by atoms with Crippen LogP contribution in [0.15, 0.2) is 46.7 Å². The van der Waals surface area contributed by atoms with Crippen LogP contribution in [-0.4, -0.2) is 28.4 Å². The zero-order valence-electron chi connectivity index (χ0n) is 12.5. The van der Waals surface area contributed by atoms with Gasteiger partial charge in [-0.3, -0.25) is 14.1 Å². The molecule has 0 saturated carbocycles. The molecule has 5 nitrogen and oxygen atoms in total. The van der Waals surface area contributed by atoms with E-state index in [0.717, 1.165) is 28.5 Å². The second-order valence-electron chi connectivity index (χ2n) is 5.17. The van der Waals surface area contributed by atoms with Crippen LogP contribution < -0.4 is 10.3 Å². The average Bonchev–Trinajstić information content (AvgIpc) is 2.96. The van der Waals surface area contributed by atoms with Crippen LogP contribution in [-0.2, 0) is 13.1 Å². The fourth-order valence-electron chi connectivity index (χ4n) is 2.38. The second kappa shape index (κ2) is 6.29. The first-order valence-corrected chi connectivity index (χ1v) is 7.81. The fraction of sp³-hybridized carbons (Fsp3) is 0.250. The maximum atomic E-state index is 12.0. The number of benzene rings is 1. The van der Waals surface area contributed by atoms with Gasteiger partial charge in [-0.05, 0) is 24.7 Å². The van der Waals surface area contributed by atoms with Crippen molar-refractivity contribution in [3.8, 4) is 5.75 Å². The van der Waals surface area contributed by atoms with Gasteiger partial charge in [0.25, 0.3) is 5.56 Å². The molecule has 0 aliphatic carbocycles. The Morgan fingerprint density at radius 1 is 1.32 bits per heavy atom. The molecule has 114 valence electrons. The van der Waals surface area contributed by atoms with Crippen molar-refractivity contribution in [1.29, 1.82) is 0 Å².